The molecule has 2 N–H and O–H groups in total. The lowest BCUT2D eigenvalue weighted by Crippen LogP contribution is -2.16. The average molecular weight is 308 g/mol. The van der Waals surface area contributed by atoms with Crippen LogP contribution < -0.4 is 5.32 Å². The van der Waals surface area contributed by atoms with E-state index in [-0.39, 0.29) is 5.75 Å². The number of nitrogens with one attached hydrogen (secondary N) is 1. The van der Waals surface area contributed by atoms with Crippen LogP contribution in [0.5, 0.6) is 0 Å². The molecule has 6 heteroatoms. The molecule has 114 valence electrons. The van der Waals surface area contributed by atoms with Gasteiger partial charge in [-0.2, -0.15) is 8.42 Å². The van der Waals surface area contributed by atoms with Crippen LogP contribution in [0.2, 0.25) is 0 Å². The Labute approximate surface area is 125 Å². The standard InChI is InChI=1S/C15H20N2O3S/c1-14(16-12-7-13-21(18,19)20)8-5-6-11-17-15-9-3-2-4-10-15/h2-6,8-11,16H,7,12-13H2,1H3,(H,18,19,20). The number of para-hydroxylation sites is 1. The number of benzene rings is 1. The van der Waals surface area contributed by atoms with Crippen LogP contribution in [0.3, 0.4) is 0 Å². The number of nitrogens with zero attached hydrogens (tertiary/aromatic N) is 1. The van der Waals surface area contributed by atoms with Crippen molar-refractivity contribution in [2.45, 2.75) is 13.3 Å². The molecule has 0 spiro atoms. The highest BCUT2D eigenvalue weighted by Gasteiger charge is 2.02. The molecule has 1 aromatic rings. The van der Waals surface area contributed by atoms with Gasteiger partial charge >= 0.3 is 0 Å². The predicted molar refractivity (Wildman–Crippen MR) is 86.5 cm³/mol. The van der Waals surface area contributed by atoms with Gasteiger partial charge in [0.15, 0.2) is 0 Å². The number of hydrogen-bond acceptors (Lipinski definition) is 4. The zero-order valence-corrected chi connectivity index (χ0v) is 12.8. The fourth-order valence-corrected chi connectivity index (χ4v) is 2.00. The van der Waals surface area contributed by atoms with Gasteiger partial charge in [-0.15, -0.1) is 0 Å². The first-order valence-electron chi connectivity index (χ1n) is 6.59. The van der Waals surface area contributed by atoms with Crippen LogP contribution in [-0.4, -0.2) is 31.5 Å². The zero-order chi connectivity index (χ0) is 15.6. The van der Waals surface area contributed by atoms with Crippen LogP contribution in [0, 0.1) is 0 Å². The SMILES string of the molecule is CC(=CC=CC=Nc1ccccc1)NCCCS(=O)(=O)O. The molecule has 0 fully saturated rings. The van der Waals surface area contributed by atoms with Gasteiger partial charge in [-0.3, -0.25) is 9.55 Å². The quantitative estimate of drug-likeness (QED) is 0.335. The monoisotopic (exact) mass is 308 g/mol. The molecule has 0 saturated carbocycles. The summed E-state index contributed by atoms with van der Waals surface area (Å²) in [6, 6.07) is 9.63. The Kier molecular flexibility index (Phi) is 7.42. The second kappa shape index (κ2) is 9.10. The maximum atomic E-state index is 10.5. The van der Waals surface area contributed by atoms with Gasteiger partial charge in [0.05, 0.1) is 11.4 Å². The zero-order valence-electron chi connectivity index (χ0n) is 11.9. The lowest BCUT2D eigenvalue weighted by molar-refractivity contribution is 0.480. The molecular weight excluding hydrogens is 288 g/mol. The molecule has 0 atom stereocenters. The Bertz CT molecular complexity index is 605. The van der Waals surface area contributed by atoms with Crippen molar-refractivity contribution in [1.29, 1.82) is 0 Å². The van der Waals surface area contributed by atoms with E-state index in [9.17, 15) is 8.42 Å². The van der Waals surface area contributed by atoms with Gasteiger partial charge in [-0.25, -0.2) is 0 Å². The second-order valence-electron chi connectivity index (χ2n) is 4.41. The first-order chi connectivity index (χ1) is 9.97. The number of allylic oxidation sites excluding steroid dienone is 4. The van der Waals surface area contributed by atoms with E-state index >= 15 is 0 Å². The van der Waals surface area contributed by atoms with E-state index in [4.69, 9.17) is 4.55 Å². The molecule has 0 aromatic heterocycles. The molecule has 0 saturated heterocycles. The summed E-state index contributed by atoms with van der Waals surface area (Å²) in [7, 11) is -3.86. The first-order valence-corrected chi connectivity index (χ1v) is 8.20. The molecule has 0 amide bonds. The Balaban J connectivity index is 2.28. The fraction of sp³-hybridized carbons (Fsp3) is 0.267. The van der Waals surface area contributed by atoms with Gasteiger partial charge in [-0.05, 0) is 37.6 Å². The van der Waals surface area contributed by atoms with E-state index in [0.717, 1.165) is 11.4 Å². The van der Waals surface area contributed by atoms with Crippen molar-refractivity contribution >= 4 is 22.0 Å². The highest BCUT2D eigenvalue weighted by Crippen LogP contribution is 2.08. The minimum Gasteiger partial charge on any atom is -0.389 e. The van der Waals surface area contributed by atoms with Gasteiger partial charge in [0.25, 0.3) is 10.1 Å². The van der Waals surface area contributed by atoms with E-state index in [1.165, 1.54) is 0 Å². The molecule has 0 heterocycles. The second-order valence-corrected chi connectivity index (χ2v) is 5.99. The van der Waals surface area contributed by atoms with Gasteiger partial charge in [0, 0.05) is 18.5 Å². The molecule has 5 nitrogen and oxygen atoms in total. The van der Waals surface area contributed by atoms with Crippen molar-refractivity contribution < 1.29 is 13.0 Å². The summed E-state index contributed by atoms with van der Waals surface area (Å²) >= 11 is 0. The molecular formula is C15H20N2O3S. The van der Waals surface area contributed by atoms with E-state index in [1.54, 1.807) is 6.21 Å². The highest BCUT2D eigenvalue weighted by molar-refractivity contribution is 7.85. The molecule has 0 aliphatic heterocycles. The molecule has 1 rings (SSSR count). The average Bonchev–Trinajstić information content (AvgIpc) is 2.43. The summed E-state index contributed by atoms with van der Waals surface area (Å²) in [6.45, 7) is 2.38. The molecule has 0 aliphatic carbocycles. The summed E-state index contributed by atoms with van der Waals surface area (Å²) in [4.78, 5) is 4.25. The van der Waals surface area contributed by atoms with Crippen LogP contribution in [0.4, 0.5) is 5.69 Å². The van der Waals surface area contributed by atoms with E-state index < -0.39 is 10.1 Å². The summed E-state index contributed by atoms with van der Waals surface area (Å²) in [6.07, 6.45) is 7.60. The summed E-state index contributed by atoms with van der Waals surface area (Å²) in [5.41, 5.74) is 1.81. The maximum absolute atomic E-state index is 10.5. The first kappa shape index (κ1) is 17.1. The lowest BCUT2D eigenvalue weighted by atomic mass is 10.3. The Hall–Kier alpha value is -1.92. The third-order valence-corrected chi connectivity index (χ3v) is 3.31. The maximum Gasteiger partial charge on any atom is 0.264 e. The molecule has 0 aliphatic rings. The summed E-state index contributed by atoms with van der Waals surface area (Å²) in [5, 5.41) is 3.05. The van der Waals surface area contributed by atoms with E-state index in [0.29, 0.717) is 13.0 Å². The fourth-order valence-electron chi connectivity index (χ4n) is 1.49. The number of hydrogen-bond donors (Lipinski definition) is 2. The van der Waals surface area contributed by atoms with Gasteiger partial charge in [0.1, 0.15) is 0 Å². The third kappa shape index (κ3) is 9.59. The van der Waals surface area contributed by atoms with E-state index in [2.05, 4.69) is 10.3 Å². The minimum absolute atomic E-state index is 0.229. The van der Waals surface area contributed by atoms with Crippen LogP contribution >= 0.6 is 0 Å². The Morgan fingerprint density at radius 3 is 2.67 bits per heavy atom. The Morgan fingerprint density at radius 2 is 2.00 bits per heavy atom. The smallest absolute Gasteiger partial charge is 0.264 e. The predicted octanol–water partition coefficient (Wildman–Crippen LogP) is 2.72. The number of rotatable bonds is 8. The minimum atomic E-state index is -3.86. The van der Waals surface area contributed by atoms with Crippen molar-refractivity contribution in [3.05, 3.63) is 54.3 Å². The lowest BCUT2D eigenvalue weighted by Gasteiger charge is -2.04. The Morgan fingerprint density at radius 1 is 1.29 bits per heavy atom. The van der Waals surface area contributed by atoms with Crippen LogP contribution in [0.1, 0.15) is 13.3 Å². The van der Waals surface area contributed by atoms with E-state index in [1.807, 2.05) is 55.5 Å². The normalized spacial score (nSPS) is 13.1. The third-order valence-electron chi connectivity index (χ3n) is 2.51. The molecule has 0 radical (unpaired) electrons. The van der Waals surface area contributed by atoms with Crippen molar-refractivity contribution in [3.8, 4) is 0 Å². The molecule has 21 heavy (non-hydrogen) atoms. The van der Waals surface area contributed by atoms with Crippen LogP contribution in [0.15, 0.2) is 59.2 Å². The van der Waals surface area contributed by atoms with Crippen LogP contribution in [-0.2, 0) is 10.1 Å². The van der Waals surface area contributed by atoms with Gasteiger partial charge < -0.3 is 5.32 Å². The van der Waals surface area contributed by atoms with Gasteiger partial charge in [0.2, 0.25) is 0 Å². The van der Waals surface area contributed by atoms with Gasteiger partial charge in [-0.1, -0.05) is 24.3 Å². The van der Waals surface area contributed by atoms with Crippen molar-refractivity contribution in [3.63, 3.8) is 0 Å². The summed E-state index contributed by atoms with van der Waals surface area (Å²) < 4.78 is 29.6. The van der Waals surface area contributed by atoms with Crippen LogP contribution in [0.25, 0.3) is 0 Å². The largest absolute Gasteiger partial charge is 0.389 e. The van der Waals surface area contributed by atoms with Crippen molar-refractivity contribution in [2.24, 2.45) is 4.99 Å². The molecule has 0 bridgehead atoms. The molecule has 1 aromatic carbocycles. The van der Waals surface area contributed by atoms with Crippen molar-refractivity contribution in [2.75, 3.05) is 12.3 Å². The van der Waals surface area contributed by atoms with Crippen molar-refractivity contribution in [1.82, 2.24) is 5.32 Å². The molecule has 0 unspecified atom stereocenters. The number of aliphatic imine (C=N–C) groups is 1. The summed E-state index contributed by atoms with van der Waals surface area (Å²) in [5.74, 6) is -0.229. The topological polar surface area (TPSA) is 78.8 Å². The highest BCUT2D eigenvalue weighted by atomic mass is 32.2.